The molecule has 0 aliphatic rings. The second-order valence-electron chi connectivity index (χ2n) is 15.9. The van der Waals surface area contributed by atoms with Crippen molar-refractivity contribution in [2.75, 3.05) is 0 Å². The average Bonchev–Trinajstić information content (AvgIpc) is 3.98. The first-order valence-corrected chi connectivity index (χ1v) is 22.8. The van der Waals surface area contributed by atoms with E-state index in [1.165, 1.54) is 47.9 Å². The molecule has 4 aromatic heterocycles. The van der Waals surface area contributed by atoms with Crippen molar-refractivity contribution < 1.29 is 0 Å². The summed E-state index contributed by atoms with van der Waals surface area (Å²) in [5.74, 6) is 0.955. The fourth-order valence-electron chi connectivity index (χ4n) is 10.0. The zero-order valence-electron chi connectivity index (χ0n) is 33.5. The lowest BCUT2D eigenvalue weighted by atomic mass is 10.1. The van der Waals surface area contributed by atoms with Gasteiger partial charge in [0.05, 0.1) is 27.6 Å². The first kappa shape index (κ1) is 35.2. The highest BCUT2D eigenvalue weighted by Crippen LogP contribution is 2.41. The second-order valence-corrected chi connectivity index (χ2v) is 19.7. The van der Waals surface area contributed by atoms with E-state index >= 15 is 0 Å². The Kier molecular flexibility index (Phi) is 8.02. The van der Waals surface area contributed by atoms with E-state index in [0.29, 0.717) is 0 Å². The molecule has 0 saturated heterocycles. The van der Waals surface area contributed by atoms with Gasteiger partial charge in [-0.3, -0.25) is 4.57 Å². The van der Waals surface area contributed by atoms with Crippen molar-refractivity contribution >= 4 is 83.6 Å². The van der Waals surface area contributed by atoms with Crippen molar-refractivity contribution in [1.82, 2.24) is 23.7 Å². The maximum atomic E-state index is 5.16. The SMILES string of the molecule is Cn1c(-c2cccc([Si](c3ccccc3)(c3ccccc3)c3cccc(-n4c5ccc6c7ccccc7n(-c7ccccc7)c6c5c5cccnc54)c3)c2)nc2ccccc21. The van der Waals surface area contributed by atoms with Gasteiger partial charge in [-0.15, -0.1) is 0 Å². The molecule has 0 atom stereocenters. The first-order valence-electron chi connectivity index (χ1n) is 20.8. The Morgan fingerprint density at radius 2 is 1.03 bits per heavy atom. The summed E-state index contributed by atoms with van der Waals surface area (Å²) in [7, 11) is -0.876. The molecule has 61 heavy (non-hydrogen) atoms. The predicted molar refractivity (Wildman–Crippen MR) is 256 cm³/mol. The smallest absolute Gasteiger partial charge is 0.179 e. The number of imidazole rings is 1. The van der Waals surface area contributed by atoms with E-state index in [0.717, 1.165) is 50.3 Å². The van der Waals surface area contributed by atoms with E-state index in [2.05, 4.69) is 233 Å². The average molecular weight is 798 g/mol. The Bertz CT molecular complexity index is 3560. The largest absolute Gasteiger partial charge is 0.327 e. The highest BCUT2D eigenvalue weighted by Gasteiger charge is 2.42. The number of aryl methyl sites for hydroxylation is 1. The van der Waals surface area contributed by atoms with Crippen molar-refractivity contribution in [2.45, 2.75) is 0 Å². The molecular formula is C55H39N5Si. The molecule has 0 amide bonds. The standard InChI is InChI=1S/C55H39N5Si/c1-58-50-32-14-12-30-48(50)57-54(58)38-18-15-26-43(36-38)61(41-22-7-3-8-23-41,42-24-9-4-10-25-42)44-27-16-21-40(37-44)60-51-34-33-46-45-28-11-13-31-49(45)59(39-19-5-2-6-20-39)53(46)52(51)47-29-17-35-56-55(47)60/h2-37H,1H3. The van der Waals surface area contributed by atoms with Gasteiger partial charge in [0.25, 0.3) is 0 Å². The quantitative estimate of drug-likeness (QED) is 0.119. The van der Waals surface area contributed by atoms with Gasteiger partial charge < -0.3 is 9.13 Å². The summed E-state index contributed by atoms with van der Waals surface area (Å²) in [6.07, 6.45) is 1.92. The minimum absolute atomic E-state index is 0.933. The van der Waals surface area contributed by atoms with Gasteiger partial charge >= 0.3 is 0 Å². The maximum Gasteiger partial charge on any atom is 0.179 e. The van der Waals surface area contributed by atoms with E-state index in [9.17, 15) is 0 Å². The van der Waals surface area contributed by atoms with Crippen molar-refractivity contribution in [1.29, 1.82) is 0 Å². The number of nitrogens with zero attached hydrogens (tertiary/aromatic N) is 5. The van der Waals surface area contributed by atoms with Gasteiger partial charge in [0.2, 0.25) is 0 Å². The molecule has 0 fully saturated rings. The van der Waals surface area contributed by atoms with Crippen LogP contribution in [0.15, 0.2) is 219 Å². The Morgan fingerprint density at radius 3 is 1.79 bits per heavy atom. The van der Waals surface area contributed by atoms with Crippen molar-refractivity contribution in [2.24, 2.45) is 7.05 Å². The molecule has 0 spiro atoms. The monoisotopic (exact) mass is 797 g/mol. The zero-order chi connectivity index (χ0) is 40.5. The molecule has 0 N–H and O–H groups in total. The van der Waals surface area contributed by atoms with Crippen LogP contribution in [0.3, 0.4) is 0 Å². The minimum Gasteiger partial charge on any atom is -0.327 e. The lowest BCUT2D eigenvalue weighted by Crippen LogP contribution is -2.74. The molecule has 0 aliphatic heterocycles. The van der Waals surface area contributed by atoms with Crippen LogP contribution in [0.2, 0.25) is 0 Å². The third-order valence-electron chi connectivity index (χ3n) is 12.6. The number of hydrogen-bond donors (Lipinski definition) is 0. The summed E-state index contributed by atoms with van der Waals surface area (Å²) in [6, 6.07) is 77.5. The summed E-state index contributed by atoms with van der Waals surface area (Å²) >= 11 is 0. The Hall–Kier alpha value is -7.80. The molecule has 6 heteroatoms. The van der Waals surface area contributed by atoms with Crippen LogP contribution in [0.5, 0.6) is 0 Å². The summed E-state index contributed by atoms with van der Waals surface area (Å²) in [5, 5.41) is 9.98. The topological polar surface area (TPSA) is 40.6 Å². The van der Waals surface area contributed by atoms with E-state index in [4.69, 9.17) is 9.97 Å². The molecule has 0 saturated carbocycles. The molecule has 5 nitrogen and oxygen atoms in total. The lowest BCUT2D eigenvalue weighted by Gasteiger charge is -2.35. The molecular weight excluding hydrogens is 759 g/mol. The number of benzene rings is 8. The summed E-state index contributed by atoms with van der Waals surface area (Å²) in [4.78, 5) is 10.3. The van der Waals surface area contributed by atoms with Crippen molar-refractivity contribution in [3.8, 4) is 22.8 Å². The Balaban J connectivity index is 1.15. The summed E-state index contributed by atoms with van der Waals surface area (Å²) in [6.45, 7) is 0. The Labute approximate surface area is 354 Å². The van der Waals surface area contributed by atoms with E-state index in [1.54, 1.807) is 0 Å². The summed E-state index contributed by atoms with van der Waals surface area (Å²) in [5.41, 5.74) is 9.85. The molecule has 8 aromatic carbocycles. The van der Waals surface area contributed by atoms with Gasteiger partial charge in [-0.25, -0.2) is 9.97 Å². The van der Waals surface area contributed by atoms with Gasteiger partial charge in [-0.1, -0.05) is 152 Å². The maximum absolute atomic E-state index is 5.16. The number of pyridine rings is 1. The first-order chi connectivity index (χ1) is 30.2. The third-order valence-corrected chi connectivity index (χ3v) is 17.4. The van der Waals surface area contributed by atoms with E-state index in [1.807, 2.05) is 6.20 Å². The molecule has 0 aliphatic carbocycles. The highest BCUT2D eigenvalue weighted by molar-refractivity contribution is 7.20. The number of hydrogen-bond acceptors (Lipinski definition) is 2. The molecule has 0 bridgehead atoms. The lowest BCUT2D eigenvalue weighted by molar-refractivity contribution is 0.959. The van der Waals surface area contributed by atoms with Crippen LogP contribution < -0.4 is 20.7 Å². The second kappa shape index (κ2) is 13.9. The molecule has 0 radical (unpaired) electrons. The highest BCUT2D eigenvalue weighted by atomic mass is 28.3. The Morgan fingerprint density at radius 1 is 0.426 bits per heavy atom. The van der Waals surface area contributed by atoms with Crippen LogP contribution in [0, 0.1) is 0 Å². The van der Waals surface area contributed by atoms with Crippen molar-refractivity contribution in [3.63, 3.8) is 0 Å². The van der Waals surface area contributed by atoms with Crippen LogP contribution in [0.4, 0.5) is 0 Å². The van der Waals surface area contributed by atoms with Crippen LogP contribution >= 0.6 is 0 Å². The molecule has 4 heterocycles. The number of fused-ring (bicyclic) bond motifs is 8. The minimum atomic E-state index is -2.99. The van der Waals surface area contributed by atoms with E-state index in [-0.39, 0.29) is 0 Å². The van der Waals surface area contributed by atoms with Gasteiger partial charge in [-0.2, -0.15) is 0 Å². The number of aromatic nitrogens is 5. The van der Waals surface area contributed by atoms with Gasteiger partial charge in [0.1, 0.15) is 11.5 Å². The molecule has 12 rings (SSSR count). The zero-order valence-corrected chi connectivity index (χ0v) is 34.5. The van der Waals surface area contributed by atoms with Crippen molar-refractivity contribution in [3.05, 3.63) is 219 Å². The number of para-hydroxylation sites is 4. The fourth-order valence-corrected chi connectivity index (χ4v) is 14.9. The molecule has 288 valence electrons. The number of rotatable bonds is 7. The van der Waals surface area contributed by atoms with Crippen LogP contribution in [0.1, 0.15) is 0 Å². The van der Waals surface area contributed by atoms with Gasteiger partial charge in [-0.05, 0) is 81.4 Å². The van der Waals surface area contributed by atoms with Crippen LogP contribution in [-0.2, 0) is 7.05 Å². The normalized spacial score (nSPS) is 12.0. The van der Waals surface area contributed by atoms with Gasteiger partial charge in [0, 0.05) is 51.7 Å². The van der Waals surface area contributed by atoms with Gasteiger partial charge in [0.15, 0.2) is 8.07 Å². The predicted octanol–water partition coefficient (Wildman–Crippen LogP) is 10.2. The third kappa shape index (κ3) is 5.26. The molecule has 12 aromatic rings. The summed E-state index contributed by atoms with van der Waals surface area (Å²) < 4.78 is 7.03. The molecule has 0 unspecified atom stereocenters. The van der Waals surface area contributed by atoms with E-state index < -0.39 is 8.07 Å². The van der Waals surface area contributed by atoms with Crippen LogP contribution in [-0.4, -0.2) is 31.7 Å². The fraction of sp³-hybridized carbons (Fsp3) is 0.0182. The van der Waals surface area contributed by atoms with Crippen LogP contribution in [0.25, 0.3) is 77.5 Å².